The maximum Gasteiger partial charge on any atom is 0.359 e. The highest BCUT2D eigenvalue weighted by atomic mass is 32.2. The Kier molecular flexibility index (Phi) is 6.71. The van der Waals surface area contributed by atoms with Crippen LogP contribution in [0.25, 0.3) is 0 Å². The summed E-state index contributed by atoms with van der Waals surface area (Å²) in [7, 11) is 0. The van der Waals surface area contributed by atoms with Crippen molar-refractivity contribution in [2.24, 2.45) is 5.92 Å². The van der Waals surface area contributed by atoms with Crippen LogP contribution in [0.1, 0.15) is 47.5 Å². The molecule has 1 aliphatic rings. The normalized spacial score (nSPS) is 13.7. The van der Waals surface area contributed by atoms with Crippen molar-refractivity contribution >= 4 is 35.0 Å². The molecule has 0 radical (unpaired) electrons. The Balaban J connectivity index is 1.75. The number of carbonyl (C=O) groups is 2. The fourth-order valence-corrected chi connectivity index (χ4v) is 4.83. The van der Waals surface area contributed by atoms with Crippen molar-refractivity contribution in [3.63, 3.8) is 0 Å². The summed E-state index contributed by atoms with van der Waals surface area (Å²) in [6.45, 7) is 9.93. The van der Waals surface area contributed by atoms with E-state index >= 15 is 0 Å². The summed E-state index contributed by atoms with van der Waals surface area (Å²) in [4.78, 5) is 26.9. The van der Waals surface area contributed by atoms with Crippen LogP contribution >= 0.6 is 23.1 Å². The molecule has 0 unspecified atom stereocenters. The van der Waals surface area contributed by atoms with E-state index in [0.717, 1.165) is 27.1 Å². The average molecular weight is 424 g/mol. The number of thioether (sulfide) groups is 1. The van der Waals surface area contributed by atoms with E-state index in [1.807, 2.05) is 11.6 Å². The topological polar surface area (TPSA) is 90.2 Å². The fraction of sp³-hybridized carbons (Fsp3) is 0.611. The lowest BCUT2D eigenvalue weighted by molar-refractivity contribution is -0.129. The first-order valence-electron chi connectivity index (χ1n) is 9.35. The number of aryl methyl sites for hydroxylation is 1. The van der Waals surface area contributed by atoms with Crippen molar-refractivity contribution in [1.82, 2.24) is 24.9 Å². The molecule has 0 fully saturated rings. The highest BCUT2D eigenvalue weighted by Gasteiger charge is 2.30. The molecule has 2 aromatic rings. The van der Waals surface area contributed by atoms with Gasteiger partial charge in [-0.15, -0.1) is 10.2 Å². The quantitative estimate of drug-likeness (QED) is 0.499. The zero-order valence-electron chi connectivity index (χ0n) is 16.6. The van der Waals surface area contributed by atoms with Crippen LogP contribution in [0.2, 0.25) is 0 Å². The van der Waals surface area contributed by atoms with E-state index in [1.54, 1.807) is 11.8 Å². The van der Waals surface area contributed by atoms with E-state index in [4.69, 9.17) is 4.74 Å². The Morgan fingerprint density at radius 2 is 2.11 bits per heavy atom. The molecule has 0 spiro atoms. The molecule has 0 saturated carbocycles. The van der Waals surface area contributed by atoms with Crippen molar-refractivity contribution in [2.75, 3.05) is 18.9 Å². The molecule has 2 aromatic heterocycles. The van der Waals surface area contributed by atoms with Gasteiger partial charge >= 0.3 is 5.97 Å². The summed E-state index contributed by atoms with van der Waals surface area (Å²) < 4.78 is 7.88. The molecule has 10 heteroatoms. The van der Waals surface area contributed by atoms with Crippen molar-refractivity contribution in [1.29, 1.82) is 0 Å². The Labute approximate surface area is 172 Å². The number of esters is 1. The smallest absolute Gasteiger partial charge is 0.359 e. The van der Waals surface area contributed by atoms with Crippen LogP contribution in [0.4, 0.5) is 0 Å². The minimum atomic E-state index is -0.422. The van der Waals surface area contributed by atoms with Crippen LogP contribution in [-0.4, -0.2) is 55.7 Å². The lowest BCUT2D eigenvalue weighted by atomic mass is 10.0. The van der Waals surface area contributed by atoms with Gasteiger partial charge in [-0.05, 0) is 19.8 Å². The number of ether oxygens (including phenoxy) is 1. The van der Waals surface area contributed by atoms with Crippen LogP contribution in [-0.2, 0) is 29.0 Å². The van der Waals surface area contributed by atoms with Gasteiger partial charge in [0.05, 0.1) is 12.4 Å². The number of carbonyl (C=O) groups excluding carboxylic acids is 2. The summed E-state index contributed by atoms with van der Waals surface area (Å²) in [5, 5.41) is 13.4. The molecule has 1 aliphatic heterocycles. The van der Waals surface area contributed by atoms with Gasteiger partial charge in [0.25, 0.3) is 0 Å². The standard InChI is InChI=1S/C18H25N5O3S2/c1-5-26-17(25)16-13-9-22(7-6-14(13)23(21-16)8-11(2)3)15(24)10-27-18-20-19-12(4)28-18/h11H,5-10H2,1-4H3. The van der Waals surface area contributed by atoms with E-state index in [0.29, 0.717) is 43.5 Å². The predicted octanol–water partition coefficient (Wildman–Crippen LogP) is 2.55. The van der Waals surface area contributed by atoms with E-state index in [-0.39, 0.29) is 5.91 Å². The van der Waals surface area contributed by atoms with Crippen molar-refractivity contribution < 1.29 is 14.3 Å². The van der Waals surface area contributed by atoms with Gasteiger partial charge in [-0.1, -0.05) is 36.9 Å². The monoisotopic (exact) mass is 423 g/mol. The maximum absolute atomic E-state index is 12.7. The van der Waals surface area contributed by atoms with Gasteiger partial charge in [0.2, 0.25) is 5.91 Å². The zero-order valence-corrected chi connectivity index (χ0v) is 18.2. The second kappa shape index (κ2) is 9.04. The Bertz CT molecular complexity index is 862. The van der Waals surface area contributed by atoms with Crippen molar-refractivity contribution in [3.05, 3.63) is 22.0 Å². The van der Waals surface area contributed by atoms with Crippen molar-refractivity contribution in [3.8, 4) is 0 Å². The molecule has 0 aromatic carbocycles. The van der Waals surface area contributed by atoms with E-state index < -0.39 is 5.97 Å². The van der Waals surface area contributed by atoms with Gasteiger partial charge in [-0.25, -0.2) is 4.79 Å². The van der Waals surface area contributed by atoms with Crippen molar-refractivity contribution in [2.45, 2.75) is 51.5 Å². The summed E-state index contributed by atoms with van der Waals surface area (Å²) in [5.41, 5.74) is 2.19. The Morgan fingerprint density at radius 3 is 2.75 bits per heavy atom. The summed E-state index contributed by atoms with van der Waals surface area (Å²) >= 11 is 2.88. The third-order valence-corrected chi connectivity index (χ3v) is 6.28. The highest BCUT2D eigenvalue weighted by molar-refractivity contribution is 8.01. The first kappa shape index (κ1) is 20.8. The molecule has 0 N–H and O–H groups in total. The lowest BCUT2D eigenvalue weighted by Crippen LogP contribution is -2.38. The third kappa shape index (κ3) is 4.72. The van der Waals surface area contributed by atoms with Crippen LogP contribution in [0, 0.1) is 12.8 Å². The number of amides is 1. The largest absolute Gasteiger partial charge is 0.461 e. The minimum Gasteiger partial charge on any atom is -0.461 e. The van der Waals surface area contributed by atoms with Gasteiger partial charge in [0, 0.05) is 37.3 Å². The molecular weight excluding hydrogens is 398 g/mol. The number of nitrogens with zero attached hydrogens (tertiary/aromatic N) is 5. The second-order valence-corrected chi connectivity index (χ2v) is 9.42. The van der Waals surface area contributed by atoms with Crippen LogP contribution in [0.15, 0.2) is 4.34 Å². The van der Waals surface area contributed by atoms with Crippen LogP contribution in [0.5, 0.6) is 0 Å². The lowest BCUT2D eigenvalue weighted by Gasteiger charge is -2.28. The molecule has 0 atom stereocenters. The molecule has 1 amide bonds. The molecular formula is C18H25N5O3S2. The summed E-state index contributed by atoms with van der Waals surface area (Å²) in [6.07, 6.45) is 0.683. The number of rotatable bonds is 7. The van der Waals surface area contributed by atoms with E-state index in [1.165, 1.54) is 23.1 Å². The molecule has 28 heavy (non-hydrogen) atoms. The first-order valence-corrected chi connectivity index (χ1v) is 11.2. The molecule has 152 valence electrons. The molecule has 3 heterocycles. The molecule has 8 nitrogen and oxygen atoms in total. The first-order chi connectivity index (χ1) is 13.4. The van der Waals surface area contributed by atoms with E-state index in [2.05, 4.69) is 29.1 Å². The number of hydrogen-bond acceptors (Lipinski definition) is 8. The number of fused-ring (bicyclic) bond motifs is 1. The van der Waals surface area contributed by atoms with Gasteiger partial charge in [-0.3, -0.25) is 9.48 Å². The average Bonchev–Trinajstić information content (AvgIpc) is 3.23. The fourth-order valence-electron chi connectivity index (χ4n) is 3.12. The van der Waals surface area contributed by atoms with Crippen LogP contribution < -0.4 is 0 Å². The number of aromatic nitrogens is 4. The van der Waals surface area contributed by atoms with Gasteiger partial charge in [0.1, 0.15) is 5.01 Å². The van der Waals surface area contributed by atoms with Gasteiger partial charge in [-0.2, -0.15) is 5.10 Å². The molecule has 3 rings (SSSR count). The number of hydrogen-bond donors (Lipinski definition) is 0. The summed E-state index contributed by atoms with van der Waals surface area (Å²) in [5.74, 6) is 0.313. The Hall–Kier alpha value is -1.94. The summed E-state index contributed by atoms with van der Waals surface area (Å²) in [6, 6.07) is 0. The second-order valence-electron chi connectivity index (χ2n) is 7.01. The van der Waals surface area contributed by atoms with Crippen LogP contribution in [0.3, 0.4) is 0 Å². The maximum atomic E-state index is 12.7. The highest BCUT2D eigenvalue weighted by Crippen LogP contribution is 2.26. The Morgan fingerprint density at radius 1 is 1.32 bits per heavy atom. The third-order valence-electron chi connectivity index (χ3n) is 4.32. The molecule has 0 saturated heterocycles. The minimum absolute atomic E-state index is 0.0231. The molecule has 0 aliphatic carbocycles. The predicted molar refractivity (Wildman–Crippen MR) is 108 cm³/mol. The van der Waals surface area contributed by atoms with Gasteiger partial charge in [0.15, 0.2) is 10.0 Å². The zero-order chi connectivity index (χ0) is 20.3. The van der Waals surface area contributed by atoms with E-state index in [9.17, 15) is 9.59 Å². The molecule has 0 bridgehead atoms. The SMILES string of the molecule is CCOC(=O)c1nn(CC(C)C)c2c1CN(C(=O)CSc1nnc(C)s1)CC2. The van der Waals surface area contributed by atoms with Gasteiger partial charge < -0.3 is 9.64 Å².